The van der Waals surface area contributed by atoms with E-state index in [0.717, 1.165) is 10.0 Å². The van der Waals surface area contributed by atoms with E-state index in [1.54, 1.807) is 13.0 Å². The fraction of sp³-hybridized carbons (Fsp3) is 0.364. The van der Waals surface area contributed by atoms with Gasteiger partial charge in [0.05, 0.1) is 6.61 Å². The molecule has 0 fully saturated rings. The quantitative estimate of drug-likeness (QED) is 0.687. The van der Waals surface area contributed by atoms with E-state index >= 15 is 0 Å². The minimum Gasteiger partial charge on any atom is -0.507 e. The number of hydrogen-bond acceptors (Lipinski definition) is 4. The Morgan fingerprint density at radius 3 is 2.75 bits per heavy atom. The summed E-state index contributed by atoms with van der Waals surface area (Å²) in [5, 5.41) is 9.79. The smallest absolute Gasteiger partial charge is 0.343 e. The lowest BCUT2D eigenvalue weighted by molar-refractivity contribution is 0.0518. The summed E-state index contributed by atoms with van der Waals surface area (Å²) in [5.74, 6) is -0.534. The van der Waals surface area contributed by atoms with Gasteiger partial charge in [-0.05, 0) is 47.7 Å². The number of phenols is 1. The molecule has 0 spiro atoms. The van der Waals surface area contributed by atoms with E-state index < -0.39 is 5.97 Å². The van der Waals surface area contributed by atoms with Crippen molar-refractivity contribution in [2.75, 3.05) is 12.9 Å². The molecule has 0 atom stereocenters. The third-order valence-electron chi connectivity index (χ3n) is 2.07. The first-order chi connectivity index (χ1) is 7.52. The Hall–Kier alpha value is -0.680. The van der Waals surface area contributed by atoms with Gasteiger partial charge in [0.25, 0.3) is 0 Å². The number of carbonyl (C=O) groups excluding carboxylic acids is 1. The van der Waals surface area contributed by atoms with Gasteiger partial charge in [0.15, 0.2) is 0 Å². The highest BCUT2D eigenvalue weighted by molar-refractivity contribution is 9.10. The minimum atomic E-state index is -0.495. The van der Waals surface area contributed by atoms with E-state index in [1.165, 1.54) is 11.8 Å². The normalized spacial score (nSPS) is 10.2. The van der Waals surface area contributed by atoms with Crippen molar-refractivity contribution in [3.63, 3.8) is 0 Å². The van der Waals surface area contributed by atoms with E-state index in [-0.39, 0.29) is 17.9 Å². The van der Waals surface area contributed by atoms with Gasteiger partial charge < -0.3 is 9.84 Å². The summed E-state index contributed by atoms with van der Waals surface area (Å²) >= 11 is 4.80. The fourth-order valence-corrected chi connectivity index (χ4v) is 2.87. The predicted molar refractivity (Wildman–Crippen MR) is 68.3 cm³/mol. The van der Waals surface area contributed by atoms with Gasteiger partial charge in [0.1, 0.15) is 11.3 Å². The van der Waals surface area contributed by atoms with Crippen LogP contribution in [0.3, 0.4) is 0 Å². The second-order valence-corrected chi connectivity index (χ2v) is 4.76. The highest BCUT2D eigenvalue weighted by atomic mass is 79.9. The van der Waals surface area contributed by atoms with Gasteiger partial charge in [-0.1, -0.05) is 0 Å². The van der Waals surface area contributed by atoms with Crippen LogP contribution < -0.4 is 0 Å². The third kappa shape index (κ3) is 2.52. The number of ether oxygens (including phenoxy) is 1. The van der Waals surface area contributed by atoms with Crippen molar-refractivity contribution in [2.24, 2.45) is 0 Å². The molecule has 0 saturated carbocycles. The number of halogens is 1. The molecule has 1 N–H and O–H groups in total. The highest BCUT2D eigenvalue weighted by Gasteiger charge is 2.21. The SMILES string of the molecule is CCOC(=O)c1c(O)cc(C)c(Br)c1SC. The van der Waals surface area contributed by atoms with Crippen LogP contribution in [0.4, 0.5) is 0 Å². The van der Waals surface area contributed by atoms with Crippen LogP contribution in [0.1, 0.15) is 22.8 Å². The molecule has 0 aliphatic heterocycles. The average molecular weight is 305 g/mol. The first kappa shape index (κ1) is 13.4. The lowest BCUT2D eigenvalue weighted by Gasteiger charge is -2.12. The van der Waals surface area contributed by atoms with Crippen molar-refractivity contribution in [2.45, 2.75) is 18.7 Å². The molecule has 0 bridgehead atoms. The highest BCUT2D eigenvalue weighted by Crippen LogP contribution is 2.37. The second kappa shape index (κ2) is 5.59. The largest absolute Gasteiger partial charge is 0.507 e. The number of hydrogen-bond donors (Lipinski definition) is 1. The summed E-state index contributed by atoms with van der Waals surface area (Å²) in [6.45, 7) is 3.88. The lowest BCUT2D eigenvalue weighted by Crippen LogP contribution is -2.07. The van der Waals surface area contributed by atoms with Gasteiger partial charge in [0.2, 0.25) is 0 Å². The number of aromatic hydroxyl groups is 1. The molecule has 16 heavy (non-hydrogen) atoms. The molecule has 0 unspecified atom stereocenters. The Morgan fingerprint density at radius 2 is 2.25 bits per heavy atom. The van der Waals surface area contributed by atoms with Crippen LogP contribution in [-0.2, 0) is 4.74 Å². The summed E-state index contributed by atoms with van der Waals surface area (Å²) in [7, 11) is 0. The number of rotatable bonds is 3. The van der Waals surface area contributed by atoms with E-state index in [0.29, 0.717) is 4.90 Å². The third-order valence-corrected chi connectivity index (χ3v) is 4.17. The van der Waals surface area contributed by atoms with Gasteiger partial charge in [-0.15, -0.1) is 11.8 Å². The summed E-state index contributed by atoms with van der Waals surface area (Å²) in [6.07, 6.45) is 1.85. The molecule has 5 heteroatoms. The lowest BCUT2D eigenvalue weighted by atomic mass is 10.1. The summed E-state index contributed by atoms with van der Waals surface area (Å²) in [6, 6.07) is 1.55. The zero-order valence-electron chi connectivity index (χ0n) is 9.33. The van der Waals surface area contributed by atoms with Gasteiger partial charge >= 0.3 is 5.97 Å². The summed E-state index contributed by atoms with van der Waals surface area (Å²) < 4.78 is 5.73. The van der Waals surface area contributed by atoms with Gasteiger partial charge in [-0.25, -0.2) is 4.79 Å². The van der Waals surface area contributed by atoms with Crippen LogP contribution in [0.25, 0.3) is 0 Å². The number of thioether (sulfide) groups is 1. The molecule has 88 valence electrons. The zero-order valence-corrected chi connectivity index (χ0v) is 11.7. The van der Waals surface area contributed by atoms with Crippen LogP contribution in [0.15, 0.2) is 15.4 Å². The maximum Gasteiger partial charge on any atom is 0.343 e. The second-order valence-electron chi connectivity index (χ2n) is 3.16. The Morgan fingerprint density at radius 1 is 1.62 bits per heavy atom. The fourth-order valence-electron chi connectivity index (χ4n) is 1.34. The number of esters is 1. The molecule has 1 aromatic rings. The maximum absolute atomic E-state index is 11.7. The van der Waals surface area contributed by atoms with Gasteiger partial charge in [0, 0.05) is 9.37 Å². The summed E-state index contributed by atoms with van der Waals surface area (Å²) in [5.41, 5.74) is 1.11. The van der Waals surface area contributed by atoms with Crippen LogP contribution in [0.5, 0.6) is 5.75 Å². The molecule has 0 aliphatic carbocycles. The number of aryl methyl sites for hydroxylation is 1. The molecule has 0 aromatic heterocycles. The molecule has 0 heterocycles. The van der Waals surface area contributed by atoms with E-state index in [4.69, 9.17) is 4.74 Å². The van der Waals surface area contributed by atoms with Gasteiger partial charge in [-0.2, -0.15) is 0 Å². The van der Waals surface area contributed by atoms with Crippen LogP contribution in [-0.4, -0.2) is 23.9 Å². The number of phenolic OH excluding ortho intramolecular Hbond substituents is 1. The Bertz CT molecular complexity index is 418. The Labute approximate surface area is 107 Å². The van der Waals surface area contributed by atoms with Gasteiger partial charge in [-0.3, -0.25) is 0 Å². The molecule has 0 saturated heterocycles. The van der Waals surface area contributed by atoms with Crippen LogP contribution in [0.2, 0.25) is 0 Å². The minimum absolute atomic E-state index is 0.0384. The Kier molecular flexibility index (Phi) is 4.68. The molecule has 1 aromatic carbocycles. The predicted octanol–water partition coefficient (Wildman–Crippen LogP) is 3.36. The number of benzene rings is 1. The zero-order chi connectivity index (χ0) is 12.3. The molecular formula is C11H13BrO3S. The van der Waals surface area contributed by atoms with E-state index in [2.05, 4.69) is 15.9 Å². The van der Waals surface area contributed by atoms with E-state index in [9.17, 15) is 9.90 Å². The maximum atomic E-state index is 11.7. The van der Waals surface area contributed by atoms with Crippen molar-refractivity contribution < 1.29 is 14.6 Å². The number of carbonyl (C=O) groups is 1. The standard InChI is InChI=1S/C11H13BrO3S/c1-4-15-11(14)8-7(13)5-6(2)9(12)10(8)16-3/h5,13H,4H2,1-3H3. The monoisotopic (exact) mass is 304 g/mol. The molecular weight excluding hydrogens is 292 g/mol. The van der Waals surface area contributed by atoms with Crippen molar-refractivity contribution in [3.8, 4) is 5.75 Å². The van der Waals surface area contributed by atoms with Crippen molar-refractivity contribution in [1.29, 1.82) is 0 Å². The first-order valence-electron chi connectivity index (χ1n) is 4.76. The molecule has 0 amide bonds. The Balaban J connectivity index is 3.36. The van der Waals surface area contributed by atoms with Crippen molar-refractivity contribution >= 4 is 33.7 Å². The van der Waals surface area contributed by atoms with Crippen molar-refractivity contribution in [1.82, 2.24) is 0 Å². The van der Waals surface area contributed by atoms with Crippen LogP contribution in [0, 0.1) is 6.92 Å². The average Bonchev–Trinajstić information content (AvgIpc) is 2.23. The molecule has 3 nitrogen and oxygen atoms in total. The molecule has 1 rings (SSSR count). The van der Waals surface area contributed by atoms with E-state index in [1.807, 2.05) is 13.2 Å². The molecule has 0 radical (unpaired) electrons. The molecule has 0 aliphatic rings. The van der Waals surface area contributed by atoms with Crippen molar-refractivity contribution in [3.05, 3.63) is 21.7 Å². The topological polar surface area (TPSA) is 46.5 Å². The van der Waals surface area contributed by atoms with Crippen LogP contribution >= 0.6 is 27.7 Å². The first-order valence-corrected chi connectivity index (χ1v) is 6.77. The summed E-state index contributed by atoms with van der Waals surface area (Å²) in [4.78, 5) is 12.4.